The van der Waals surface area contributed by atoms with Gasteiger partial charge < -0.3 is 5.32 Å². The summed E-state index contributed by atoms with van der Waals surface area (Å²) in [5.74, 6) is -0.720. The number of halogens is 1. The van der Waals surface area contributed by atoms with Gasteiger partial charge in [-0.25, -0.2) is 4.90 Å². The summed E-state index contributed by atoms with van der Waals surface area (Å²) in [6.45, 7) is 3.95. The Morgan fingerprint density at radius 2 is 1.57 bits per heavy atom. The Labute approximate surface area is 184 Å². The minimum absolute atomic E-state index is 0.275. The first kappa shape index (κ1) is 20.3. The van der Waals surface area contributed by atoms with E-state index in [9.17, 15) is 9.59 Å². The van der Waals surface area contributed by atoms with E-state index in [-0.39, 0.29) is 17.5 Å². The zero-order valence-corrected chi connectivity index (χ0v) is 18.1. The van der Waals surface area contributed by atoms with E-state index in [1.165, 1.54) is 16.7 Å². The summed E-state index contributed by atoms with van der Waals surface area (Å²) in [7, 11) is 0. The Bertz CT molecular complexity index is 1160. The number of thioether (sulfide) groups is 1. The lowest BCUT2D eigenvalue weighted by molar-refractivity contribution is -0.120. The van der Waals surface area contributed by atoms with Crippen molar-refractivity contribution in [3.8, 4) is 0 Å². The van der Waals surface area contributed by atoms with Crippen molar-refractivity contribution in [3.05, 3.63) is 99.5 Å². The first-order valence-electron chi connectivity index (χ1n) is 9.40. The predicted octanol–water partition coefficient (Wildman–Crippen LogP) is 5.95. The van der Waals surface area contributed by atoms with Crippen LogP contribution in [-0.4, -0.2) is 11.8 Å². The summed E-state index contributed by atoms with van der Waals surface area (Å²) >= 11 is 7.24. The standard InChI is InChI=1S/C24H19ClN2O2S/c1-15-8-9-16(2)20(14-15)26-21-22(30-19-12-10-17(25)11-13-19)24(29)27(23(21)28)18-6-4-3-5-7-18/h3-14,26H,1-2H3. The van der Waals surface area contributed by atoms with Crippen molar-refractivity contribution < 1.29 is 9.59 Å². The topological polar surface area (TPSA) is 49.4 Å². The van der Waals surface area contributed by atoms with Gasteiger partial charge in [-0.1, -0.05) is 53.7 Å². The van der Waals surface area contributed by atoms with E-state index >= 15 is 0 Å². The van der Waals surface area contributed by atoms with E-state index in [0.29, 0.717) is 15.6 Å². The molecule has 1 aliphatic heterocycles. The normalized spacial score (nSPS) is 13.9. The Morgan fingerprint density at radius 3 is 2.27 bits per heavy atom. The first-order valence-corrected chi connectivity index (χ1v) is 10.6. The summed E-state index contributed by atoms with van der Waals surface area (Å²) in [6.07, 6.45) is 0. The average Bonchev–Trinajstić information content (AvgIpc) is 2.97. The fourth-order valence-corrected chi connectivity index (χ4v) is 4.20. The van der Waals surface area contributed by atoms with E-state index in [1.807, 2.05) is 50.2 Å². The van der Waals surface area contributed by atoms with Gasteiger partial charge in [0.15, 0.2) is 0 Å². The molecule has 150 valence electrons. The number of nitrogens with one attached hydrogen (secondary N) is 1. The third-order valence-electron chi connectivity index (χ3n) is 4.74. The van der Waals surface area contributed by atoms with Crippen LogP contribution in [0.25, 0.3) is 0 Å². The maximum absolute atomic E-state index is 13.3. The lowest BCUT2D eigenvalue weighted by Gasteiger charge is -2.15. The second-order valence-corrected chi connectivity index (χ2v) is 8.50. The monoisotopic (exact) mass is 434 g/mol. The number of aryl methyl sites for hydroxylation is 2. The minimum atomic E-state index is -0.372. The van der Waals surface area contributed by atoms with Crippen molar-refractivity contribution in [2.24, 2.45) is 0 Å². The van der Waals surface area contributed by atoms with Gasteiger partial charge in [-0.15, -0.1) is 0 Å². The van der Waals surface area contributed by atoms with Crippen LogP contribution in [0.2, 0.25) is 5.02 Å². The molecule has 0 aromatic heterocycles. The lowest BCUT2D eigenvalue weighted by atomic mass is 10.1. The van der Waals surface area contributed by atoms with Gasteiger partial charge in [0.25, 0.3) is 11.8 Å². The molecule has 0 bridgehead atoms. The predicted molar refractivity (Wildman–Crippen MR) is 123 cm³/mol. The quantitative estimate of drug-likeness (QED) is 0.504. The van der Waals surface area contributed by atoms with E-state index in [0.717, 1.165) is 21.7 Å². The number of hydrogen-bond acceptors (Lipinski definition) is 4. The molecule has 3 aromatic carbocycles. The number of rotatable bonds is 5. The zero-order valence-electron chi connectivity index (χ0n) is 16.5. The molecule has 4 nitrogen and oxygen atoms in total. The highest BCUT2D eigenvalue weighted by atomic mass is 35.5. The van der Waals surface area contributed by atoms with Crippen molar-refractivity contribution in [3.63, 3.8) is 0 Å². The number of amides is 2. The fourth-order valence-electron chi connectivity index (χ4n) is 3.15. The Morgan fingerprint density at radius 1 is 0.867 bits per heavy atom. The largest absolute Gasteiger partial charge is 0.350 e. The van der Waals surface area contributed by atoms with Gasteiger partial charge in [-0.2, -0.15) is 0 Å². The van der Waals surface area contributed by atoms with Crippen LogP contribution >= 0.6 is 23.4 Å². The second kappa shape index (κ2) is 8.38. The second-order valence-electron chi connectivity index (χ2n) is 6.98. The molecule has 2 amide bonds. The van der Waals surface area contributed by atoms with Gasteiger partial charge in [0.05, 0.1) is 5.69 Å². The Balaban J connectivity index is 1.77. The summed E-state index contributed by atoms with van der Waals surface area (Å²) in [5.41, 5.74) is 3.67. The number of anilines is 2. The van der Waals surface area contributed by atoms with Gasteiger partial charge in [0.2, 0.25) is 0 Å². The summed E-state index contributed by atoms with van der Waals surface area (Å²) in [4.78, 5) is 29.0. The molecule has 0 saturated carbocycles. The molecule has 1 heterocycles. The Hall–Kier alpha value is -3.02. The van der Waals surface area contributed by atoms with E-state index < -0.39 is 0 Å². The summed E-state index contributed by atoms with van der Waals surface area (Å²) in [6, 6.07) is 22.1. The van der Waals surface area contributed by atoms with Crippen molar-refractivity contribution in [1.29, 1.82) is 0 Å². The molecule has 0 aliphatic carbocycles. The molecule has 0 fully saturated rings. The molecule has 6 heteroatoms. The van der Waals surface area contributed by atoms with Gasteiger partial charge >= 0.3 is 0 Å². The number of para-hydroxylation sites is 1. The van der Waals surface area contributed by atoms with Crippen molar-refractivity contribution in [2.45, 2.75) is 18.7 Å². The van der Waals surface area contributed by atoms with Crippen LogP contribution in [0.15, 0.2) is 88.3 Å². The number of imide groups is 1. The molecule has 3 aromatic rings. The number of carbonyl (C=O) groups excluding carboxylic acids is 2. The average molecular weight is 435 g/mol. The molecule has 0 saturated heterocycles. The zero-order chi connectivity index (χ0) is 21.3. The van der Waals surface area contributed by atoms with E-state index in [4.69, 9.17) is 11.6 Å². The molecule has 0 atom stereocenters. The molecule has 0 unspecified atom stereocenters. The number of hydrogen-bond donors (Lipinski definition) is 1. The highest BCUT2D eigenvalue weighted by Gasteiger charge is 2.40. The van der Waals surface area contributed by atoms with Crippen LogP contribution in [0, 0.1) is 13.8 Å². The van der Waals surface area contributed by atoms with E-state index in [2.05, 4.69) is 5.32 Å². The molecule has 0 radical (unpaired) electrons. The van der Waals surface area contributed by atoms with Crippen molar-refractivity contribution in [2.75, 3.05) is 10.2 Å². The van der Waals surface area contributed by atoms with Gasteiger partial charge in [-0.05, 0) is 67.4 Å². The first-order chi connectivity index (χ1) is 14.4. The molecular formula is C24H19ClN2O2S. The van der Waals surface area contributed by atoms with Crippen molar-refractivity contribution in [1.82, 2.24) is 0 Å². The third kappa shape index (κ3) is 3.99. The van der Waals surface area contributed by atoms with Crippen LogP contribution in [0.5, 0.6) is 0 Å². The molecule has 1 aliphatic rings. The molecule has 30 heavy (non-hydrogen) atoms. The molecule has 1 N–H and O–H groups in total. The minimum Gasteiger partial charge on any atom is -0.350 e. The maximum atomic E-state index is 13.3. The van der Waals surface area contributed by atoms with Crippen LogP contribution in [0.4, 0.5) is 11.4 Å². The number of benzene rings is 3. The molecule has 0 spiro atoms. The van der Waals surface area contributed by atoms with Crippen LogP contribution < -0.4 is 10.2 Å². The molecule has 4 rings (SSSR count). The highest BCUT2D eigenvalue weighted by molar-refractivity contribution is 8.04. The van der Waals surface area contributed by atoms with Crippen LogP contribution in [0.1, 0.15) is 11.1 Å². The van der Waals surface area contributed by atoms with Gasteiger partial charge in [0.1, 0.15) is 10.6 Å². The number of carbonyl (C=O) groups is 2. The molecular weight excluding hydrogens is 416 g/mol. The lowest BCUT2D eigenvalue weighted by Crippen LogP contribution is -2.32. The van der Waals surface area contributed by atoms with Gasteiger partial charge in [-0.3, -0.25) is 9.59 Å². The van der Waals surface area contributed by atoms with Crippen LogP contribution in [0.3, 0.4) is 0 Å². The highest BCUT2D eigenvalue weighted by Crippen LogP contribution is 2.38. The summed E-state index contributed by atoms with van der Waals surface area (Å²) < 4.78 is 0. The fraction of sp³-hybridized carbons (Fsp3) is 0.0833. The van der Waals surface area contributed by atoms with E-state index in [1.54, 1.807) is 36.4 Å². The van der Waals surface area contributed by atoms with Gasteiger partial charge in [0, 0.05) is 15.6 Å². The number of nitrogens with zero attached hydrogens (tertiary/aromatic N) is 1. The SMILES string of the molecule is Cc1ccc(C)c(NC2=C(Sc3ccc(Cl)cc3)C(=O)N(c3ccccc3)C2=O)c1. The smallest absolute Gasteiger partial charge is 0.283 e. The Kier molecular flexibility index (Phi) is 5.66. The third-order valence-corrected chi connectivity index (χ3v) is 6.08. The maximum Gasteiger partial charge on any atom is 0.283 e. The summed E-state index contributed by atoms with van der Waals surface area (Å²) in [5, 5.41) is 3.85. The van der Waals surface area contributed by atoms with Crippen molar-refractivity contribution >= 4 is 46.6 Å². The van der Waals surface area contributed by atoms with Crippen LogP contribution in [-0.2, 0) is 9.59 Å².